The molecule has 30 heavy (non-hydrogen) atoms. The number of tetrazole rings is 1. The molecule has 0 saturated carbocycles. The molecular weight excluding hydrogens is 378 g/mol. The highest BCUT2D eigenvalue weighted by atomic mass is 16.2. The second kappa shape index (κ2) is 8.01. The number of benzene rings is 2. The van der Waals surface area contributed by atoms with Crippen molar-refractivity contribution >= 4 is 11.7 Å². The molecule has 148 valence electrons. The molecule has 0 bridgehead atoms. The SMILES string of the molecule is Cc1c(C#N)c(NC(=O)Cn2nnc(-c3ccccc3)n2)n(-c2ccccc2)c1C. The maximum Gasteiger partial charge on any atom is 0.249 e. The van der Waals surface area contributed by atoms with Crippen molar-refractivity contribution in [1.82, 2.24) is 24.8 Å². The zero-order valence-electron chi connectivity index (χ0n) is 16.6. The number of nitrogens with one attached hydrogen (secondary N) is 1. The Morgan fingerprint density at radius 1 is 1.07 bits per heavy atom. The number of nitrogens with zero attached hydrogens (tertiary/aromatic N) is 6. The average Bonchev–Trinajstić information content (AvgIpc) is 3.32. The summed E-state index contributed by atoms with van der Waals surface area (Å²) >= 11 is 0. The van der Waals surface area contributed by atoms with Crippen LogP contribution in [0, 0.1) is 25.2 Å². The molecule has 8 heteroatoms. The van der Waals surface area contributed by atoms with E-state index >= 15 is 0 Å². The van der Waals surface area contributed by atoms with Gasteiger partial charge in [0.25, 0.3) is 0 Å². The van der Waals surface area contributed by atoms with Crippen molar-refractivity contribution in [2.75, 3.05) is 5.32 Å². The Morgan fingerprint density at radius 3 is 2.40 bits per heavy atom. The standard InChI is InChI=1S/C22H19N7O/c1-15-16(2)29(18-11-7-4-8-12-18)22(19(15)13-23)24-20(30)14-28-26-21(25-27-28)17-9-5-3-6-10-17/h3-12H,14H2,1-2H3,(H,24,30). The Balaban J connectivity index is 1.60. The van der Waals surface area contributed by atoms with E-state index in [4.69, 9.17) is 0 Å². The molecule has 4 rings (SSSR count). The fourth-order valence-electron chi connectivity index (χ4n) is 3.27. The van der Waals surface area contributed by atoms with Gasteiger partial charge in [-0.25, -0.2) is 0 Å². The number of carbonyl (C=O) groups excluding carboxylic acids is 1. The quantitative estimate of drug-likeness (QED) is 0.557. The predicted octanol–water partition coefficient (Wildman–Crippen LogP) is 3.26. The number of carbonyl (C=O) groups is 1. The van der Waals surface area contributed by atoms with Crippen molar-refractivity contribution in [3.63, 3.8) is 0 Å². The van der Waals surface area contributed by atoms with E-state index in [1.54, 1.807) is 0 Å². The summed E-state index contributed by atoms with van der Waals surface area (Å²) in [6.45, 7) is 3.67. The minimum absolute atomic E-state index is 0.122. The lowest BCUT2D eigenvalue weighted by Crippen LogP contribution is -2.22. The van der Waals surface area contributed by atoms with Crippen LogP contribution in [0.25, 0.3) is 17.1 Å². The highest BCUT2D eigenvalue weighted by Gasteiger charge is 2.21. The van der Waals surface area contributed by atoms with Gasteiger partial charge in [-0.2, -0.15) is 10.1 Å². The molecule has 0 saturated heterocycles. The molecule has 0 aliphatic rings. The Bertz CT molecular complexity index is 1230. The van der Waals surface area contributed by atoms with Crippen molar-refractivity contribution in [3.05, 3.63) is 77.5 Å². The summed E-state index contributed by atoms with van der Waals surface area (Å²) in [5.41, 5.74) is 3.82. The van der Waals surface area contributed by atoms with Crippen LogP contribution in [0.5, 0.6) is 0 Å². The fourth-order valence-corrected chi connectivity index (χ4v) is 3.27. The summed E-state index contributed by atoms with van der Waals surface area (Å²) < 4.78 is 1.87. The molecule has 1 N–H and O–H groups in total. The van der Waals surface area contributed by atoms with E-state index in [2.05, 4.69) is 26.8 Å². The number of anilines is 1. The number of nitriles is 1. The van der Waals surface area contributed by atoms with Crippen LogP contribution >= 0.6 is 0 Å². The lowest BCUT2D eigenvalue weighted by atomic mass is 10.2. The van der Waals surface area contributed by atoms with Gasteiger partial charge >= 0.3 is 0 Å². The normalized spacial score (nSPS) is 10.6. The van der Waals surface area contributed by atoms with Gasteiger partial charge in [0.15, 0.2) is 0 Å². The van der Waals surface area contributed by atoms with E-state index in [0.29, 0.717) is 17.2 Å². The molecule has 0 spiro atoms. The maximum absolute atomic E-state index is 12.7. The molecule has 4 aromatic rings. The van der Waals surface area contributed by atoms with Crippen LogP contribution in [0.2, 0.25) is 0 Å². The molecular formula is C22H19N7O. The van der Waals surface area contributed by atoms with Crippen LogP contribution in [0.4, 0.5) is 5.82 Å². The number of rotatable bonds is 5. The molecule has 0 atom stereocenters. The molecule has 0 aliphatic carbocycles. The summed E-state index contributed by atoms with van der Waals surface area (Å²) in [4.78, 5) is 14.0. The maximum atomic E-state index is 12.7. The smallest absolute Gasteiger partial charge is 0.249 e. The minimum Gasteiger partial charge on any atom is -0.309 e. The molecule has 1 amide bonds. The Hall–Kier alpha value is -4.25. The largest absolute Gasteiger partial charge is 0.309 e. The molecule has 8 nitrogen and oxygen atoms in total. The first-order valence-electron chi connectivity index (χ1n) is 9.39. The van der Waals surface area contributed by atoms with E-state index in [-0.39, 0.29) is 12.5 Å². The van der Waals surface area contributed by atoms with Gasteiger partial charge in [0, 0.05) is 16.9 Å². The third-order valence-electron chi connectivity index (χ3n) is 4.87. The lowest BCUT2D eigenvalue weighted by molar-refractivity contribution is -0.117. The fraction of sp³-hybridized carbons (Fsp3) is 0.136. The highest BCUT2D eigenvalue weighted by molar-refractivity contribution is 5.92. The van der Waals surface area contributed by atoms with E-state index in [0.717, 1.165) is 22.5 Å². The topological polar surface area (TPSA) is 101 Å². The Labute approximate surface area is 173 Å². The molecule has 2 heterocycles. The highest BCUT2D eigenvalue weighted by Crippen LogP contribution is 2.29. The van der Waals surface area contributed by atoms with Gasteiger partial charge in [-0.1, -0.05) is 48.5 Å². The van der Waals surface area contributed by atoms with Crippen molar-refractivity contribution in [1.29, 1.82) is 5.26 Å². The van der Waals surface area contributed by atoms with Crippen LogP contribution in [0.3, 0.4) is 0 Å². The van der Waals surface area contributed by atoms with Crippen molar-refractivity contribution in [2.24, 2.45) is 0 Å². The van der Waals surface area contributed by atoms with Crippen LogP contribution < -0.4 is 5.32 Å². The van der Waals surface area contributed by atoms with Crippen molar-refractivity contribution in [2.45, 2.75) is 20.4 Å². The first-order valence-corrected chi connectivity index (χ1v) is 9.39. The van der Waals surface area contributed by atoms with Crippen LogP contribution in [0.15, 0.2) is 60.7 Å². The average molecular weight is 397 g/mol. The zero-order chi connectivity index (χ0) is 21.1. The summed E-state index contributed by atoms with van der Waals surface area (Å²) in [5.74, 6) is 0.533. The summed E-state index contributed by atoms with van der Waals surface area (Å²) in [6.07, 6.45) is 0. The van der Waals surface area contributed by atoms with Crippen LogP contribution in [-0.2, 0) is 11.3 Å². The molecule has 0 aliphatic heterocycles. The molecule has 2 aromatic heterocycles. The third kappa shape index (κ3) is 3.56. The Morgan fingerprint density at radius 2 is 1.73 bits per heavy atom. The predicted molar refractivity (Wildman–Crippen MR) is 112 cm³/mol. The van der Waals surface area contributed by atoms with E-state index in [1.807, 2.05) is 79.1 Å². The van der Waals surface area contributed by atoms with Crippen LogP contribution in [-0.4, -0.2) is 30.7 Å². The number of hydrogen-bond donors (Lipinski definition) is 1. The van der Waals surface area contributed by atoms with Gasteiger partial charge in [0.2, 0.25) is 11.7 Å². The van der Waals surface area contributed by atoms with E-state index in [1.165, 1.54) is 4.80 Å². The van der Waals surface area contributed by atoms with Gasteiger partial charge in [0.05, 0.1) is 5.56 Å². The second-order valence-corrected chi connectivity index (χ2v) is 6.77. The number of hydrogen-bond acceptors (Lipinski definition) is 5. The third-order valence-corrected chi connectivity index (χ3v) is 4.87. The van der Waals surface area contributed by atoms with Gasteiger partial charge < -0.3 is 5.32 Å². The summed E-state index contributed by atoms with van der Waals surface area (Å²) in [7, 11) is 0. The van der Waals surface area contributed by atoms with Crippen LogP contribution in [0.1, 0.15) is 16.8 Å². The van der Waals surface area contributed by atoms with Gasteiger partial charge in [0.1, 0.15) is 18.4 Å². The molecule has 0 fully saturated rings. The lowest BCUT2D eigenvalue weighted by Gasteiger charge is -2.13. The van der Waals surface area contributed by atoms with Gasteiger partial charge in [-0.15, -0.1) is 10.2 Å². The van der Waals surface area contributed by atoms with E-state index in [9.17, 15) is 10.1 Å². The summed E-state index contributed by atoms with van der Waals surface area (Å²) in [5, 5.41) is 24.8. The second-order valence-electron chi connectivity index (χ2n) is 6.77. The van der Waals surface area contributed by atoms with E-state index < -0.39 is 0 Å². The van der Waals surface area contributed by atoms with Crippen molar-refractivity contribution < 1.29 is 4.79 Å². The van der Waals surface area contributed by atoms with Gasteiger partial charge in [-0.3, -0.25) is 9.36 Å². The molecule has 0 radical (unpaired) electrons. The van der Waals surface area contributed by atoms with Crippen molar-refractivity contribution in [3.8, 4) is 23.1 Å². The first-order chi connectivity index (χ1) is 14.6. The Kier molecular flexibility index (Phi) is 5.09. The first kappa shape index (κ1) is 19.1. The zero-order valence-corrected chi connectivity index (χ0v) is 16.6. The minimum atomic E-state index is -0.349. The summed E-state index contributed by atoms with van der Waals surface area (Å²) in [6, 6.07) is 21.2. The number of aromatic nitrogens is 5. The number of para-hydroxylation sites is 1. The monoisotopic (exact) mass is 397 g/mol. The number of amides is 1. The molecule has 2 aromatic carbocycles. The molecule has 0 unspecified atom stereocenters. The van der Waals surface area contributed by atoms with Gasteiger partial charge in [-0.05, 0) is 36.8 Å².